The molecule has 17 heavy (non-hydrogen) atoms. The fourth-order valence-electron chi connectivity index (χ4n) is 1.31. The molecule has 1 heterocycles. The standard InChI is InChI=1S/C11H10Cl2N2OS/c1-16-7-2-3-10(9(12)4-7)14-5-8-6-15-11(13)17-8/h2-4,6,14H,5H2,1H3. The molecule has 2 rings (SSSR count). The molecule has 0 saturated carbocycles. The molecule has 0 atom stereocenters. The van der Waals surface area contributed by atoms with Crippen LogP contribution in [0.2, 0.25) is 9.49 Å². The Morgan fingerprint density at radius 3 is 2.82 bits per heavy atom. The van der Waals surface area contributed by atoms with Crippen molar-refractivity contribution in [3.05, 3.63) is 38.8 Å². The minimum atomic E-state index is 0.544. The number of anilines is 1. The first kappa shape index (κ1) is 12.5. The van der Waals surface area contributed by atoms with Crippen molar-refractivity contribution in [2.45, 2.75) is 6.54 Å². The number of thiazole rings is 1. The number of hydrogen-bond donors (Lipinski definition) is 1. The first-order valence-corrected chi connectivity index (χ1v) is 6.44. The number of methoxy groups -OCH3 is 1. The molecule has 0 aliphatic carbocycles. The van der Waals surface area contributed by atoms with E-state index in [9.17, 15) is 0 Å². The van der Waals surface area contributed by atoms with Gasteiger partial charge < -0.3 is 10.1 Å². The molecule has 3 nitrogen and oxygen atoms in total. The summed E-state index contributed by atoms with van der Waals surface area (Å²) in [6.45, 7) is 0.649. The zero-order chi connectivity index (χ0) is 12.3. The highest BCUT2D eigenvalue weighted by molar-refractivity contribution is 7.15. The fourth-order valence-corrected chi connectivity index (χ4v) is 2.47. The number of ether oxygens (including phenoxy) is 1. The molecular weight excluding hydrogens is 279 g/mol. The van der Waals surface area contributed by atoms with Crippen LogP contribution in [-0.2, 0) is 6.54 Å². The number of hydrogen-bond acceptors (Lipinski definition) is 4. The average molecular weight is 289 g/mol. The molecule has 1 aromatic heterocycles. The number of halogens is 2. The Morgan fingerprint density at radius 2 is 2.24 bits per heavy atom. The van der Waals surface area contributed by atoms with Crippen LogP contribution >= 0.6 is 34.5 Å². The first-order chi connectivity index (χ1) is 8.19. The largest absolute Gasteiger partial charge is 0.497 e. The fraction of sp³-hybridized carbons (Fsp3) is 0.182. The van der Waals surface area contributed by atoms with Gasteiger partial charge in [-0.2, -0.15) is 0 Å². The van der Waals surface area contributed by atoms with Gasteiger partial charge in [0.1, 0.15) is 5.75 Å². The highest BCUT2D eigenvalue weighted by atomic mass is 35.5. The molecule has 0 aliphatic heterocycles. The lowest BCUT2D eigenvalue weighted by Crippen LogP contribution is -1.98. The van der Waals surface area contributed by atoms with Crippen LogP contribution in [-0.4, -0.2) is 12.1 Å². The monoisotopic (exact) mass is 288 g/mol. The van der Waals surface area contributed by atoms with Gasteiger partial charge in [0.25, 0.3) is 0 Å². The number of benzene rings is 1. The van der Waals surface area contributed by atoms with Gasteiger partial charge in [-0.1, -0.05) is 23.2 Å². The average Bonchev–Trinajstić information content (AvgIpc) is 2.73. The Labute approximate surface area is 113 Å². The Balaban J connectivity index is 2.04. The van der Waals surface area contributed by atoms with E-state index in [1.807, 2.05) is 12.1 Å². The highest BCUT2D eigenvalue weighted by Crippen LogP contribution is 2.27. The van der Waals surface area contributed by atoms with Gasteiger partial charge in [-0.25, -0.2) is 4.98 Å². The highest BCUT2D eigenvalue weighted by Gasteiger charge is 2.03. The predicted octanol–water partition coefficient (Wildman–Crippen LogP) is 4.07. The van der Waals surface area contributed by atoms with Crippen molar-refractivity contribution in [2.75, 3.05) is 12.4 Å². The van der Waals surface area contributed by atoms with Gasteiger partial charge in [0.2, 0.25) is 0 Å². The van der Waals surface area contributed by atoms with E-state index in [4.69, 9.17) is 27.9 Å². The van der Waals surface area contributed by atoms with Gasteiger partial charge in [0.15, 0.2) is 4.47 Å². The van der Waals surface area contributed by atoms with Crippen molar-refractivity contribution in [1.29, 1.82) is 0 Å². The van der Waals surface area contributed by atoms with E-state index in [1.165, 1.54) is 11.3 Å². The number of rotatable bonds is 4. The second-order valence-corrected chi connectivity index (χ2v) is 5.38. The molecule has 0 amide bonds. The normalized spacial score (nSPS) is 10.3. The molecule has 0 unspecified atom stereocenters. The van der Waals surface area contributed by atoms with Crippen LogP contribution in [0.4, 0.5) is 5.69 Å². The molecule has 1 N–H and O–H groups in total. The van der Waals surface area contributed by atoms with Crippen LogP contribution in [0.15, 0.2) is 24.4 Å². The smallest absolute Gasteiger partial charge is 0.183 e. The van der Waals surface area contributed by atoms with Crippen LogP contribution < -0.4 is 10.1 Å². The summed E-state index contributed by atoms with van der Waals surface area (Å²) >= 11 is 13.3. The van der Waals surface area contributed by atoms with Crippen molar-refractivity contribution in [3.8, 4) is 5.75 Å². The molecule has 0 spiro atoms. The quantitative estimate of drug-likeness (QED) is 0.921. The minimum Gasteiger partial charge on any atom is -0.497 e. The molecule has 1 aromatic carbocycles. The van der Waals surface area contributed by atoms with Crippen LogP contribution in [0.5, 0.6) is 5.75 Å². The summed E-state index contributed by atoms with van der Waals surface area (Å²) in [5, 5.41) is 3.84. The first-order valence-electron chi connectivity index (χ1n) is 4.86. The van der Waals surface area contributed by atoms with Gasteiger partial charge >= 0.3 is 0 Å². The molecule has 0 bridgehead atoms. The van der Waals surface area contributed by atoms with Crippen molar-refractivity contribution in [1.82, 2.24) is 4.98 Å². The lowest BCUT2D eigenvalue weighted by molar-refractivity contribution is 0.415. The van der Waals surface area contributed by atoms with Gasteiger partial charge in [-0.05, 0) is 12.1 Å². The van der Waals surface area contributed by atoms with E-state index in [1.54, 1.807) is 19.4 Å². The van der Waals surface area contributed by atoms with E-state index < -0.39 is 0 Å². The SMILES string of the molecule is COc1ccc(NCc2cnc(Cl)s2)c(Cl)c1. The zero-order valence-corrected chi connectivity index (χ0v) is 11.4. The molecule has 6 heteroatoms. The molecule has 90 valence electrons. The number of nitrogens with zero attached hydrogens (tertiary/aromatic N) is 1. The maximum atomic E-state index is 6.10. The third-order valence-electron chi connectivity index (χ3n) is 2.15. The van der Waals surface area contributed by atoms with Crippen LogP contribution in [0.1, 0.15) is 4.88 Å². The third kappa shape index (κ3) is 3.25. The molecule has 0 aliphatic rings. The second kappa shape index (κ2) is 5.58. The maximum absolute atomic E-state index is 6.10. The van der Waals surface area contributed by atoms with Gasteiger partial charge in [0.05, 0.1) is 24.4 Å². The van der Waals surface area contributed by atoms with E-state index >= 15 is 0 Å². The van der Waals surface area contributed by atoms with Crippen molar-refractivity contribution in [3.63, 3.8) is 0 Å². The summed E-state index contributed by atoms with van der Waals surface area (Å²) in [6.07, 6.45) is 1.75. The predicted molar refractivity (Wildman–Crippen MR) is 72.5 cm³/mol. The Bertz CT molecular complexity index is 516. The molecule has 2 aromatic rings. The number of nitrogens with one attached hydrogen (secondary N) is 1. The zero-order valence-electron chi connectivity index (χ0n) is 9.04. The lowest BCUT2D eigenvalue weighted by atomic mass is 10.3. The van der Waals surface area contributed by atoms with Gasteiger partial charge in [-0.15, -0.1) is 11.3 Å². The topological polar surface area (TPSA) is 34.1 Å². The van der Waals surface area contributed by atoms with E-state index in [0.29, 0.717) is 16.0 Å². The van der Waals surface area contributed by atoms with Crippen LogP contribution in [0, 0.1) is 0 Å². The van der Waals surface area contributed by atoms with Gasteiger partial charge in [-0.3, -0.25) is 0 Å². The Morgan fingerprint density at radius 1 is 1.41 bits per heavy atom. The van der Waals surface area contributed by atoms with Crippen LogP contribution in [0.25, 0.3) is 0 Å². The molecular formula is C11H10Cl2N2OS. The molecule has 0 radical (unpaired) electrons. The molecule has 0 saturated heterocycles. The summed E-state index contributed by atoms with van der Waals surface area (Å²) in [5.41, 5.74) is 0.858. The lowest BCUT2D eigenvalue weighted by Gasteiger charge is -2.08. The maximum Gasteiger partial charge on any atom is 0.183 e. The van der Waals surface area contributed by atoms with Crippen molar-refractivity contribution >= 4 is 40.2 Å². The number of aromatic nitrogens is 1. The van der Waals surface area contributed by atoms with Crippen LogP contribution in [0.3, 0.4) is 0 Å². The molecule has 0 fully saturated rings. The van der Waals surface area contributed by atoms with E-state index in [2.05, 4.69) is 10.3 Å². The minimum absolute atomic E-state index is 0.544. The Kier molecular flexibility index (Phi) is 4.10. The summed E-state index contributed by atoms with van der Waals surface area (Å²) in [5.74, 6) is 0.737. The van der Waals surface area contributed by atoms with E-state index in [0.717, 1.165) is 16.3 Å². The summed E-state index contributed by atoms with van der Waals surface area (Å²) in [4.78, 5) is 5.03. The summed E-state index contributed by atoms with van der Waals surface area (Å²) in [6, 6.07) is 5.50. The van der Waals surface area contributed by atoms with Crippen molar-refractivity contribution in [2.24, 2.45) is 0 Å². The third-order valence-corrected chi connectivity index (χ3v) is 3.58. The summed E-state index contributed by atoms with van der Waals surface area (Å²) in [7, 11) is 1.61. The second-order valence-electron chi connectivity index (χ2n) is 3.28. The van der Waals surface area contributed by atoms with Gasteiger partial charge in [0, 0.05) is 17.1 Å². The van der Waals surface area contributed by atoms with E-state index in [-0.39, 0.29) is 0 Å². The Hall–Kier alpha value is -0.970. The van der Waals surface area contributed by atoms with Crippen molar-refractivity contribution < 1.29 is 4.74 Å². The summed E-state index contributed by atoms with van der Waals surface area (Å²) < 4.78 is 5.62.